The summed E-state index contributed by atoms with van der Waals surface area (Å²) in [5.41, 5.74) is 4.00. The molecule has 0 spiro atoms. The van der Waals surface area contributed by atoms with E-state index in [2.05, 4.69) is 24.3 Å². The monoisotopic (exact) mass is 368 g/mol. The van der Waals surface area contributed by atoms with E-state index in [-0.39, 0.29) is 11.9 Å². The lowest BCUT2D eigenvalue weighted by Crippen LogP contribution is -2.14. The molecule has 0 unspecified atom stereocenters. The van der Waals surface area contributed by atoms with E-state index in [0.717, 1.165) is 35.1 Å². The van der Waals surface area contributed by atoms with Crippen LogP contribution in [0.1, 0.15) is 60.3 Å². The highest BCUT2D eigenvalue weighted by Crippen LogP contribution is 2.40. The van der Waals surface area contributed by atoms with Crippen molar-refractivity contribution in [3.05, 3.63) is 52.3 Å². The summed E-state index contributed by atoms with van der Waals surface area (Å²) in [6.07, 6.45) is 3.98. The van der Waals surface area contributed by atoms with E-state index in [4.69, 9.17) is 16.6 Å². The van der Waals surface area contributed by atoms with Gasteiger partial charge in [0.25, 0.3) is 5.91 Å². The van der Waals surface area contributed by atoms with E-state index in [1.807, 2.05) is 35.9 Å². The highest BCUT2D eigenvalue weighted by molar-refractivity contribution is 6.34. The quantitative estimate of drug-likeness (QED) is 0.696. The number of anilines is 1. The molecule has 1 saturated carbocycles. The largest absolute Gasteiger partial charge is 0.321 e. The van der Waals surface area contributed by atoms with E-state index < -0.39 is 0 Å². The lowest BCUT2D eigenvalue weighted by atomic mass is 10.1. The molecule has 6 heteroatoms. The number of pyridine rings is 1. The minimum atomic E-state index is -0.187. The fourth-order valence-corrected chi connectivity index (χ4v) is 3.38. The Morgan fingerprint density at radius 2 is 2.08 bits per heavy atom. The number of hydrogen-bond donors (Lipinski definition) is 1. The molecule has 0 bridgehead atoms. The molecule has 1 N–H and O–H groups in total. The number of amides is 1. The van der Waals surface area contributed by atoms with Gasteiger partial charge < -0.3 is 5.32 Å². The SMILES string of the molecule is Cc1ccc(NC(=O)c2cc(C3CC3)nc3c2cnn3C(C)C)c(Cl)c1. The van der Waals surface area contributed by atoms with Crippen molar-refractivity contribution in [2.75, 3.05) is 5.32 Å². The molecule has 2 heterocycles. The van der Waals surface area contributed by atoms with Crippen LogP contribution in [0.4, 0.5) is 5.69 Å². The van der Waals surface area contributed by atoms with Crippen LogP contribution in [-0.2, 0) is 0 Å². The number of hydrogen-bond acceptors (Lipinski definition) is 3. The molecule has 0 saturated heterocycles. The summed E-state index contributed by atoms with van der Waals surface area (Å²) >= 11 is 6.27. The third kappa shape index (κ3) is 3.07. The number of rotatable bonds is 4. The summed E-state index contributed by atoms with van der Waals surface area (Å²) in [6.45, 7) is 6.08. The smallest absolute Gasteiger partial charge is 0.256 e. The average molecular weight is 369 g/mol. The number of carbonyl (C=O) groups excluding carboxylic acids is 1. The number of nitrogens with zero attached hydrogens (tertiary/aromatic N) is 3. The van der Waals surface area contributed by atoms with Gasteiger partial charge in [0.2, 0.25) is 0 Å². The predicted molar refractivity (Wildman–Crippen MR) is 104 cm³/mol. The van der Waals surface area contributed by atoms with Gasteiger partial charge >= 0.3 is 0 Å². The van der Waals surface area contributed by atoms with Crippen molar-refractivity contribution >= 4 is 34.2 Å². The Morgan fingerprint density at radius 3 is 2.73 bits per heavy atom. The van der Waals surface area contributed by atoms with Crippen molar-refractivity contribution in [2.24, 2.45) is 0 Å². The normalized spacial score (nSPS) is 14.2. The van der Waals surface area contributed by atoms with Crippen LogP contribution in [0.2, 0.25) is 5.02 Å². The topological polar surface area (TPSA) is 59.8 Å². The van der Waals surface area contributed by atoms with Gasteiger partial charge in [-0.3, -0.25) is 4.79 Å². The second-order valence-electron chi connectivity index (χ2n) is 7.23. The predicted octanol–water partition coefficient (Wildman–Crippen LogP) is 5.10. The van der Waals surface area contributed by atoms with Crippen LogP contribution in [-0.4, -0.2) is 20.7 Å². The molecule has 0 radical (unpaired) electrons. The van der Waals surface area contributed by atoms with E-state index in [9.17, 15) is 4.79 Å². The molecule has 1 aliphatic carbocycles. The van der Waals surface area contributed by atoms with Crippen LogP contribution in [0.5, 0.6) is 0 Å². The summed E-state index contributed by atoms with van der Waals surface area (Å²) in [4.78, 5) is 17.8. The van der Waals surface area contributed by atoms with E-state index in [0.29, 0.717) is 22.2 Å². The van der Waals surface area contributed by atoms with Gasteiger partial charge in [0.1, 0.15) is 0 Å². The van der Waals surface area contributed by atoms with Crippen LogP contribution in [0.3, 0.4) is 0 Å². The highest BCUT2D eigenvalue weighted by Gasteiger charge is 2.28. The maximum Gasteiger partial charge on any atom is 0.256 e. The number of halogens is 1. The Balaban J connectivity index is 1.78. The number of aryl methyl sites for hydroxylation is 1. The Bertz CT molecular complexity index is 1000. The summed E-state index contributed by atoms with van der Waals surface area (Å²) in [7, 11) is 0. The fourth-order valence-electron chi connectivity index (χ4n) is 3.10. The van der Waals surface area contributed by atoms with E-state index in [1.165, 1.54) is 0 Å². The van der Waals surface area contributed by atoms with Crippen LogP contribution in [0.25, 0.3) is 11.0 Å². The molecule has 26 heavy (non-hydrogen) atoms. The summed E-state index contributed by atoms with van der Waals surface area (Å²) in [6, 6.07) is 7.68. The number of carbonyl (C=O) groups is 1. The third-order valence-electron chi connectivity index (χ3n) is 4.69. The molecule has 0 aliphatic heterocycles. The Labute approximate surface area is 157 Å². The van der Waals surface area contributed by atoms with Crippen molar-refractivity contribution in [1.29, 1.82) is 0 Å². The van der Waals surface area contributed by atoms with Gasteiger partial charge in [-0.15, -0.1) is 0 Å². The highest BCUT2D eigenvalue weighted by atomic mass is 35.5. The first kappa shape index (κ1) is 17.0. The summed E-state index contributed by atoms with van der Waals surface area (Å²) in [5.74, 6) is 0.262. The Kier molecular flexibility index (Phi) is 4.19. The molecule has 3 aromatic rings. The Hall–Kier alpha value is -2.40. The maximum atomic E-state index is 13.0. The van der Waals surface area contributed by atoms with Gasteiger partial charge in [-0.2, -0.15) is 5.10 Å². The van der Waals surface area contributed by atoms with Crippen molar-refractivity contribution in [3.8, 4) is 0 Å². The van der Waals surface area contributed by atoms with Crippen LogP contribution in [0.15, 0.2) is 30.5 Å². The van der Waals surface area contributed by atoms with Gasteiger partial charge in [-0.25, -0.2) is 9.67 Å². The Morgan fingerprint density at radius 1 is 1.31 bits per heavy atom. The molecule has 5 nitrogen and oxygen atoms in total. The first-order valence-corrected chi connectivity index (χ1v) is 9.27. The van der Waals surface area contributed by atoms with E-state index >= 15 is 0 Å². The lowest BCUT2D eigenvalue weighted by Gasteiger charge is -2.11. The number of nitrogens with one attached hydrogen (secondary N) is 1. The van der Waals surface area contributed by atoms with Crippen LogP contribution < -0.4 is 5.32 Å². The molecule has 1 amide bonds. The number of fused-ring (bicyclic) bond motifs is 1. The van der Waals surface area contributed by atoms with Crippen molar-refractivity contribution in [3.63, 3.8) is 0 Å². The molecule has 2 aromatic heterocycles. The standard InChI is InChI=1S/C20H21ClN4O/c1-11(2)25-19-15(10-22-25)14(9-18(23-19)13-5-6-13)20(26)24-17-7-4-12(3)8-16(17)21/h4,7-11,13H,5-6H2,1-3H3,(H,24,26). The average Bonchev–Trinajstić information content (AvgIpc) is 3.35. The molecular weight excluding hydrogens is 348 g/mol. The van der Waals surface area contributed by atoms with Gasteiger partial charge in [0.05, 0.1) is 27.9 Å². The molecule has 0 atom stereocenters. The van der Waals surface area contributed by atoms with Gasteiger partial charge in [-0.1, -0.05) is 17.7 Å². The van der Waals surface area contributed by atoms with Crippen LogP contribution in [0, 0.1) is 6.92 Å². The summed E-state index contributed by atoms with van der Waals surface area (Å²) in [5, 5.41) is 8.68. The summed E-state index contributed by atoms with van der Waals surface area (Å²) < 4.78 is 1.87. The molecule has 1 fully saturated rings. The van der Waals surface area contributed by atoms with Crippen molar-refractivity contribution in [1.82, 2.24) is 14.8 Å². The van der Waals surface area contributed by atoms with Crippen molar-refractivity contribution < 1.29 is 4.79 Å². The zero-order valence-electron chi connectivity index (χ0n) is 15.1. The lowest BCUT2D eigenvalue weighted by molar-refractivity contribution is 0.102. The second kappa shape index (κ2) is 6.40. The van der Waals surface area contributed by atoms with E-state index in [1.54, 1.807) is 6.20 Å². The van der Waals surface area contributed by atoms with Gasteiger partial charge in [0, 0.05) is 17.7 Å². The molecule has 1 aromatic carbocycles. The van der Waals surface area contributed by atoms with Gasteiger partial charge in [0.15, 0.2) is 5.65 Å². The fraction of sp³-hybridized carbons (Fsp3) is 0.350. The third-order valence-corrected chi connectivity index (χ3v) is 5.00. The molecule has 134 valence electrons. The van der Waals surface area contributed by atoms with Crippen LogP contribution >= 0.6 is 11.6 Å². The van der Waals surface area contributed by atoms with Gasteiger partial charge in [-0.05, 0) is 57.4 Å². The maximum absolute atomic E-state index is 13.0. The zero-order valence-corrected chi connectivity index (χ0v) is 15.8. The number of benzene rings is 1. The second-order valence-corrected chi connectivity index (χ2v) is 7.63. The first-order valence-electron chi connectivity index (χ1n) is 8.89. The first-order chi connectivity index (χ1) is 12.4. The number of aromatic nitrogens is 3. The minimum Gasteiger partial charge on any atom is -0.321 e. The molecule has 4 rings (SSSR count). The minimum absolute atomic E-state index is 0.178. The zero-order chi connectivity index (χ0) is 18.4. The van der Waals surface area contributed by atoms with Crippen molar-refractivity contribution in [2.45, 2.75) is 45.6 Å². The molecule has 1 aliphatic rings. The molecular formula is C20H21ClN4O.